The second-order valence-electron chi connectivity index (χ2n) is 14.2. The van der Waals surface area contributed by atoms with Gasteiger partial charge in [-0.05, 0) is 49.8 Å². The normalized spacial score (nSPS) is 25.8. The number of fused-ring (bicyclic) bond motifs is 6. The molecular formula is C35H34F2N8O2S. The van der Waals surface area contributed by atoms with Crippen LogP contribution in [0.15, 0.2) is 18.2 Å². The first-order valence-electron chi connectivity index (χ1n) is 16.7. The van der Waals surface area contributed by atoms with Crippen molar-refractivity contribution in [3.8, 4) is 29.3 Å². The molecule has 4 saturated heterocycles. The van der Waals surface area contributed by atoms with Crippen LogP contribution in [0.5, 0.6) is 6.01 Å². The Hall–Kier alpha value is -4.14. The summed E-state index contributed by atoms with van der Waals surface area (Å²) in [4.78, 5) is 14.3. The highest BCUT2D eigenvalue weighted by Gasteiger charge is 2.46. The number of piperazine rings is 1. The van der Waals surface area contributed by atoms with Gasteiger partial charge < -0.3 is 25.4 Å². The number of nitrogens with two attached hydrogens (primary N) is 1. The van der Waals surface area contributed by atoms with Crippen LogP contribution in [-0.2, 0) is 4.74 Å². The summed E-state index contributed by atoms with van der Waals surface area (Å²) in [5.74, 6) is -0.781. The zero-order valence-corrected chi connectivity index (χ0v) is 27.1. The van der Waals surface area contributed by atoms with E-state index in [1.165, 1.54) is 12.1 Å². The van der Waals surface area contributed by atoms with E-state index in [0.717, 1.165) is 69.6 Å². The zero-order valence-electron chi connectivity index (χ0n) is 26.3. The number of thiophene rings is 1. The maximum absolute atomic E-state index is 17.1. The van der Waals surface area contributed by atoms with E-state index < -0.39 is 11.6 Å². The van der Waals surface area contributed by atoms with E-state index in [1.54, 1.807) is 6.07 Å². The number of nitrogen functional groups attached to an aromatic ring is 1. The molecule has 3 N–H and O–H groups in total. The van der Waals surface area contributed by atoms with Crippen molar-refractivity contribution in [1.82, 2.24) is 20.2 Å². The molecule has 2 unspecified atom stereocenters. The van der Waals surface area contributed by atoms with Gasteiger partial charge in [-0.15, -0.1) is 11.3 Å². The maximum atomic E-state index is 17.1. The van der Waals surface area contributed by atoms with Crippen LogP contribution in [0.2, 0.25) is 0 Å². The van der Waals surface area contributed by atoms with Crippen molar-refractivity contribution in [2.24, 2.45) is 5.41 Å². The largest absolute Gasteiger partial charge is 0.463 e. The first-order valence-corrected chi connectivity index (χ1v) is 17.5. The van der Waals surface area contributed by atoms with E-state index in [1.807, 2.05) is 6.07 Å². The number of benzene rings is 2. The SMILES string of the molecule is N#Cc1cc2c(N3CC4CCC(C3)N4)nc(OCC3(CN4C[C@H]5C[C@@H]4CO5)CCC3)nc2c(F)c1-c1ccc(F)c2sc(N)c(C#N)c12. The molecule has 2 aromatic carbocycles. The monoisotopic (exact) mass is 668 g/mol. The molecule has 4 aliphatic heterocycles. The van der Waals surface area contributed by atoms with Crippen LogP contribution < -0.4 is 20.7 Å². The molecule has 246 valence electrons. The van der Waals surface area contributed by atoms with Crippen LogP contribution >= 0.6 is 11.3 Å². The summed E-state index contributed by atoms with van der Waals surface area (Å²) in [6, 6.07) is 9.56. The van der Waals surface area contributed by atoms with Crippen LogP contribution in [0.4, 0.5) is 19.6 Å². The van der Waals surface area contributed by atoms with Gasteiger partial charge in [-0.1, -0.05) is 12.5 Å². The number of nitriles is 2. The summed E-state index contributed by atoms with van der Waals surface area (Å²) in [7, 11) is 0. The average molecular weight is 669 g/mol. The third-order valence-corrected chi connectivity index (χ3v) is 12.2. The zero-order chi connectivity index (χ0) is 32.7. The second kappa shape index (κ2) is 11.2. The highest BCUT2D eigenvalue weighted by Crippen LogP contribution is 2.46. The molecule has 0 spiro atoms. The summed E-state index contributed by atoms with van der Waals surface area (Å²) in [5, 5.41) is 24.6. The first kappa shape index (κ1) is 30.0. The Kier molecular flexibility index (Phi) is 6.99. The highest BCUT2D eigenvalue weighted by atomic mass is 32.1. The minimum atomic E-state index is -0.747. The van der Waals surface area contributed by atoms with Gasteiger partial charge in [0.15, 0.2) is 5.82 Å². The number of anilines is 2. The summed E-state index contributed by atoms with van der Waals surface area (Å²) in [6.45, 7) is 4.46. The molecule has 5 aliphatic rings. The molecule has 1 saturated carbocycles. The van der Waals surface area contributed by atoms with Crippen molar-refractivity contribution in [3.05, 3.63) is 41.0 Å². The number of likely N-dealkylation sites (tertiary alicyclic amines) is 1. The van der Waals surface area contributed by atoms with E-state index in [4.69, 9.17) is 20.2 Å². The van der Waals surface area contributed by atoms with E-state index in [2.05, 4.69) is 26.2 Å². The molecule has 48 heavy (non-hydrogen) atoms. The summed E-state index contributed by atoms with van der Waals surface area (Å²) >= 11 is 0.929. The van der Waals surface area contributed by atoms with Crippen LogP contribution in [0, 0.1) is 39.7 Å². The first-order chi connectivity index (χ1) is 23.3. The number of nitrogens with zero attached hydrogens (tertiary/aromatic N) is 6. The van der Waals surface area contributed by atoms with Gasteiger partial charge in [-0.2, -0.15) is 20.5 Å². The Morgan fingerprint density at radius 3 is 2.60 bits per heavy atom. The third-order valence-electron chi connectivity index (χ3n) is 11.2. The Morgan fingerprint density at radius 1 is 1.12 bits per heavy atom. The van der Waals surface area contributed by atoms with E-state index >= 15 is 4.39 Å². The molecule has 1 aliphatic carbocycles. The number of halogens is 2. The fourth-order valence-corrected chi connectivity index (χ4v) is 9.62. The summed E-state index contributed by atoms with van der Waals surface area (Å²) in [5.41, 5.74) is 6.34. The van der Waals surface area contributed by atoms with E-state index in [0.29, 0.717) is 43.0 Å². The van der Waals surface area contributed by atoms with Crippen molar-refractivity contribution >= 4 is 43.1 Å². The van der Waals surface area contributed by atoms with Crippen LogP contribution in [0.3, 0.4) is 0 Å². The number of aromatic nitrogens is 2. The molecule has 0 radical (unpaired) electrons. The lowest BCUT2D eigenvalue weighted by Crippen LogP contribution is -2.51. The fourth-order valence-electron chi connectivity index (χ4n) is 8.67. The van der Waals surface area contributed by atoms with Crippen molar-refractivity contribution in [2.45, 2.75) is 62.8 Å². The Bertz CT molecular complexity index is 2060. The van der Waals surface area contributed by atoms with Crippen molar-refractivity contribution in [3.63, 3.8) is 0 Å². The lowest BCUT2D eigenvalue weighted by Gasteiger charge is -2.45. The van der Waals surface area contributed by atoms with Gasteiger partial charge in [-0.25, -0.2) is 8.78 Å². The number of nitrogens with one attached hydrogen (secondary N) is 1. The standard InChI is InChI=1S/C35H34F2N8O2S/c36-26-5-4-23(28-25(11-39)32(40)48-31(26)28)27-18(10-38)8-24-30(29(27)37)42-34(43-33(24)44-12-19-2-3-20(13-44)41-19)47-17-35(6-1-7-35)16-45-14-22-9-21(45)15-46-22/h4-5,8,19-22,41H,1-3,6-7,9,12-17,40H2/t19?,20?,21-,22-/m1/s1. The van der Waals surface area contributed by atoms with Gasteiger partial charge in [0.25, 0.3) is 0 Å². The number of ether oxygens (including phenoxy) is 2. The van der Waals surface area contributed by atoms with Gasteiger partial charge in [0, 0.05) is 66.1 Å². The van der Waals surface area contributed by atoms with Crippen molar-refractivity contribution in [1.29, 1.82) is 10.5 Å². The second-order valence-corrected chi connectivity index (χ2v) is 15.2. The predicted octanol–water partition coefficient (Wildman–Crippen LogP) is 5.08. The quantitative estimate of drug-likeness (QED) is 0.275. The summed E-state index contributed by atoms with van der Waals surface area (Å²) < 4.78 is 44.5. The lowest BCUT2D eigenvalue weighted by atomic mass is 9.69. The molecule has 9 rings (SSSR count). The van der Waals surface area contributed by atoms with Crippen molar-refractivity contribution < 1.29 is 18.3 Å². The molecule has 13 heteroatoms. The van der Waals surface area contributed by atoms with E-state index in [9.17, 15) is 14.9 Å². The van der Waals surface area contributed by atoms with Crippen molar-refractivity contribution in [2.75, 3.05) is 50.0 Å². The molecule has 4 aromatic rings. The maximum Gasteiger partial charge on any atom is 0.319 e. The third kappa shape index (κ3) is 4.71. The molecule has 5 fully saturated rings. The number of morpholine rings is 1. The molecule has 0 amide bonds. The Balaban J connectivity index is 1.16. The smallest absolute Gasteiger partial charge is 0.319 e. The molecule has 6 heterocycles. The molecule has 10 nitrogen and oxygen atoms in total. The molecule has 2 aromatic heterocycles. The van der Waals surface area contributed by atoms with Gasteiger partial charge in [0.2, 0.25) is 0 Å². The number of hydrogen-bond acceptors (Lipinski definition) is 11. The minimum absolute atomic E-state index is 0.0192. The van der Waals surface area contributed by atoms with E-state index in [-0.39, 0.29) is 66.4 Å². The summed E-state index contributed by atoms with van der Waals surface area (Å²) in [6.07, 6.45) is 6.72. The Labute approximate surface area is 280 Å². The highest BCUT2D eigenvalue weighted by molar-refractivity contribution is 7.23. The molecule has 4 bridgehead atoms. The lowest BCUT2D eigenvalue weighted by molar-refractivity contribution is -0.0277. The van der Waals surface area contributed by atoms with Gasteiger partial charge in [0.05, 0.1) is 41.2 Å². The van der Waals surface area contributed by atoms with Crippen LogP contribution in [0.1, 0.15) is 49.7 Å². The van der Waals surface area contributed by atoms with Crippen LogP contribution in [-0.4, -0.2) is 78.5 Å². The van der Waals surface area contributed by atoms with Gasteiger partial charge >= 0.3 is 6.01 Å². The molecule has 4 atom stereocenters. The number of rotatable bonds is 7. The predicted molar refractivity (Wildman–Crippen MR) is 178 cm³/mol. The molecular weight excluding hydrogens is 635 g/mol. The van der Waals surface area contributed by atoms with Gasteiger partial charge in [0.1, 0.15) is 28.2 Å². The topological polar surface area (TPSA) is 136 Å². The Morgan fingerprint density at radius 2 is 1.94 bits per heavy atom. The number of hydrogen-bond donors (Lipinski definition) is 2. The fraction of sp³-hybridized carbons (Fsp3) is 0.486. The average Bonchev–Trinajstić information content (AvgIpc) is 3.86. The minimum Gasteiger partial charge on any atom is -0.463 e. The van der Waals surface area contributed by atoms with Gasteiger partial charge in [-0.3, -0.25) is 4.90 Å². The van der Waals surface area contributed by atoms with Crippen LogP contribution in [0.25, 0.3) is 32.1 Å².